The van der Waals surface area contributed by atoms with Crippen molar-refractivity contribution in [2.45, 2.75) is 31.7 Å². The average molecular weight is 407 g/mol. The van der Waals surface area contributed by atoms with Gasteiger partial charge in [0, 0.05) is 30.3 Å². The van der Waals surface area contributed by atoms with Gasteiger partial charge in [-0.1, -0.05) is 32.0 Å². The molecule has 0 fully saturated rings. The van der Waals surface area contributed by atoms with Crippen LogP contribution in [0.5, 0.6) is 0 Å². The standard InChI is InChI=1S/C15H25N3S.HI/c1-12(2)13(3)18-15(16-4)17-10-11-19-14-8-6-5-7-9-14;/h5-9,12-13H,10-11H2,1-4H3,(H2,16,17,18);1H. The van der Waals surface area contributed by atoms with E-state index in [1.807, 2.05) is 24.9 Å². The lowest BCUT2D eigenvalue weighted by atomic mass is 10.1. The molecule has 1 unspecified atom stereocenters. The van der Waals surface area contributed by atoms with Crippen LogP contribution in [0.3, 0.4) is 0 Å². The van der Waals surface area contributed by atoms with Crippen LogP contribution in [0.25, 0.3) is 0 Å². The molecule has 2 N–H and O–H groups in total. The molecule has 114 valence electrons. The summed E-state index contributed by atoms with van der Waals surface area (Å²) in [6, 6.07) is 10.9. The minimum Gasteiger partial charge on any atom is -0.356 e. The van der Waals surface area contributed by atoms with Gasteiger partial charge in [-0.05, 0) is 25.0 Å². The highest BCUT2D eigenvalue weighted by Gasteiger charge is 2.08. The molecule has 5 heteroatoms. The van der Waals surface area contributed by atoms with Gasteiger partial charge >= 0.3 is 0 Å². The van der Waals surface area contributed by atoms with Crippen molar-refractivity contribution in [1.29, 1.82) is 0 Å². The summed E-state index contributed by atoms with van der Waals surface area (Å²) in [6.07, 6.45) is 0. The number of aliphatic imine (C=N–C) groups is 1. The van der Waals surface area contributed by atoms with Crippen LogP contribution < -0.4 is 10.6 Å². The molecule has 1 aromatic rings. The Kier molecular flexibility index (Phi) is 11.0. The maximum Gasteiger partial charge on any atom is 0.191 e. The second kappa shape index (κ2) is 11.3. The number of guanidine groups is 1. The second-order valence-corrected chi connectivity index (χ2v) is 6.01. The Morgan fingerprint density at radius 2 is 1.85 bits per heavy atom. The number of nitrogens with one attached hydrogen (secondary N) is 2. The minimum atomic E-state index is 0. The summed E-state index contributed by atoms with van der Waals surface area (Å²) in [4.78, 5) is 5.55. The fourth-order valence-electron chi connectivity index (χ4n) is 1.43. The van der Waals surface area contributed by atoms with Crippen LogP contribution in [0.4, 0.5) is 0 Å². The van der Waals surface area contributed by atoms with Gasteiger partial charge in [-0.25, -0.2) is 0 Å². The normalized spacial score (nSPS) is 12.8. The zero-order valence-corrected chi connectivity index (χ0v) is 15.9. The van der Waals surface area contributed by atoms with E-state index in [9.17, 15) is 0 Å². The van der Waals surface area contributed by atoms with E-state index < -0.39 is 0 Å². The van der Waals surface area contributed by atoms with Crippen molar-refractivity contribution in [3.05, 3.63) is 30.3 Å². The molecule has 0 aliphatic rings. The largest absolute Gasteiger partial charge is 0.356 e. The van der Waals surface area contributed by atoms with E-state index in [0.717, 1.165) is 18.3 Å². The molecule has 0 saturated heterocycles. The highest BCUT2D eigenvalue weighted by atomic mass is 127. The number of halogens is 1. The Hall–Kier alpha value is -0.430. The number of hydrogen-bond acceptors (Lipinski definition) is 2. The van der Waals surface area contributed by atoms with E-state index in [0.29, 0.717) is 12.0 Å². The van der Waals surface area contributed by atoms with E-state index in [2.05, 4.69) is 60.7 Å². The zero-order chi connectivity index (χ0) is 14.1. The minimum absolute atomic E-state index is 0. The zero-order valence-electron chi connectivity index (χ0n) is 12.7. The topological polar surface area (TPSA) is 36.4 Å². The third-order valence-corrected chi connectivity index (χ3v) is 4.01. The van der Waals surface area contributed by atoms with E-state index in [1.54, 1.807) is 0 Å². The van der Waals surface area contributed by atoms with Gasteiger partial charge in [0.2, 0.25) is 0 Å². The lowest BCUT2D eigenvalue weighted by Gasteiger charge is -2.20. The van der Waals surface area contributed by atoms with Crippen LogP contribution in [0.1, 0.15) is 20.8 Å². The van der Waals surface area contributed by atoms with Gasteiger partial charge in [-0.3, -0.25) is 4.99 Å². The predicted octanol–water partition coefficient (Wildman–Crippen LogP) is 3.61. The van der Waals surface area contributed by atoms with Gasteiger partial charge in [0.15, 0.2) is 5.96 Å². The first-order valence-electron chi connectivity index (χ1n) is 6.78. The second-order valence-electron chi connectivity index (χ2n) is 4.84. The number of nitrogens with zero attached hydrogens (tertiary/aromatic N) is 1. The van der Waals surface area contributed by atoms with Crippen molar-refractivity contribution in [1.82, 2.24) is 10.6 Å². The number of benzene rings is 1. The maximum absolute atomic E-state index is 4.24. The molecule has 0 aliphatic carbocycles. The molecule has 0 bridgehead atoms. The van der Waals surface area contributed by atoms with Gasteiger partial charge in [-0.15, -0.1) is 35.7 Å². The molecule has 1 aromatic carbocycles. The number of thioether (sulfide) groups is 1. The summed E-state index contributed by atoms with van der Waals surface area (Å²) in [5, 5.41) is 6.74. The maximum atomic E-state index is 4.24. The number of rotatable bonds is 6. The van der Waals surface area contributed by atoms with E-state index in [4.69, 9.17) is 0 Å². The van der Waals surface area contributed by atoms with Gasteiger partial charge in [-0.2, -0.15) is 0 Å². The summed E-state index contributed by atoms with van der Waals surface area (Å²) in [5.41, 5.74) is 0. The van der Waals surface area contributed by atoms with Crippen molar-refractivity contribution in [3.63, 3.8) is 0 Å². The van der Waals surface area contributed by atoms with Crippen LogP contribution in [0.2, 0.25) is 0 Å². The first kappa shape index (κ1) is 19.6. The first-order valence-corrected chi connectivity index (χ1v) is 7.77. The average Bonchev–Trinajstić information content (AvgIpc) is 2.43. The van der Waals surface area contributed by atoms with Crippen molar-refractivity contribution in [2.24, 2.45) is 10.9 Å². The SMILES string of the molecule is CN=C(NCCSc1ccccc1)NC(C)C(C)C.I. The molecule has 0 aliphatic heterocycles. The lowest BCUT2D eigenvalue weighted by molar-refractivity contribution is 0.481. The Morgan fingerprint density at radius 3 is 2.40 bits per heavy atom. The van der Waals surface area contributed by atoms with Crippen LogP contribution in [-0.2, 0) is 0 Å². The third kappa shape index (κ3) is 7.99. The van der Waals surface area contributed by atoms with Crippen molar-refractivity contribution in [3.8, 4) is 0 Å². The molecule has 0 heterocycles. The van der Waals surface area contributed by atoms with Crippen molar-refractivity contribution < 1.29 is 0 Å². The molecule has 20 heavy (non-hydrogen) atoms. The van der Waals surface area contributed by atoms with E-state index in [-0.39, 0.29) is 24.0 Å². The Labute approximate surface area is 144 Å². The highest BCUT2D eigenvalue weighted by Crippen LogP contribution is 2.15. The van der Waals surface area contributed by atoms with Gasteiger partial charge < -0.3 is 10.6 Å². The fraction of sp³-hybridized carbons (Fsp3) is 0.533. The summed E-state index contributed by atoms with van der Waals surface area (Å²) in [6.45, 7) is 7.49. The molecule has 1 atom stereocenters. The van der Waals surface area contributed by atoms with E-state index >= 15 is 0 Å². The molecule has 0 aromatic heterocycles. The van der Waals surface area contributed by atoms with Gasteiger partial charge in [0.1, 0.15) is 0 Å². The van der Waals surface area contributed by atoms with Gasteiger partial charge in [0.25, 0.3) is 0 Å². The molecule has 0 saturated carbocycles. The highest BCUT2D eigenvalue weighted by molar-refractivity contribution is 14.0. The molecule has 0 amide bonds. The number of hydrogen-bond donors (Lipinski definition) is 2. The van der Waals surface area contributed by atoms with Crippen molar-refractivity contribution >= 4 is 41.7 Å². The predicted molar refractivity (Wildman–Crippen MR) is 101 cm³/mol. The Balaban J connectivity index is 0.00000361. The summed E-state index contributed by atoms with van der Waals surface area (Å²) < 4.78 is 0. The van der Waals surface area contributed by atoms with Gasteiger partial charge in [0.05, 0.1) is 0 Å². The molecule has 1 rings (SSSR count). The summed E-state index contributed by atoms with van der Waals surface area (Å²) in [5.74, 6) is 2.51. The lowest BCUT2D eigenvalue weighted by Crippen LogP contribution is -2.44. The molecular weight excluding hydrogens is 381 g/mol. The quantitative estimate of drug-likeness (QED) is 0.249. The smallest absolute Gasteiger partial charge is 0.191 e. The summed E-state index contributed by atoms with van der Waals surface area (Å²) >= 11 is 1.85. The molecule has 0 spiro atoms. The fourth-order valence-corrected chi connectivity index (χ4v) is 2.22. The van der Waals surface area contributed by atoms with E-state index in [1.165, 1.54) is 4.90 Å². The summed E-state index contributed by atoms with van der Waals surface area (Å²) in [7, 11) is 1.81. The molecular formula is C15H26IN3S. The molecule has 3 nitrogen and oxygen atoms in total. The Bertz CT molecular complexity index is 382. The van der Waals surface area contributed by atoms with Crippen LogP contribution in [0, 0.1) is 5.92 Å². The molecule has 0 radical (unpaired) electrons. The first-order chi connectivity index (χ1) is 9.13. The van der Waals surface area contributed by atoms with Crippen LogP contribution in [0.15, 0.2) is 40.2 Å². The van der Waals surface area contributed by atoms with Crippen LogP contribution >= 0.6 is 35.7 Å². The Morgan fingerprint density at radius 1 is 1.20 bits per heavy atom. The third-order valence-electron chi connectivity index (χ3n) is 2.99. The van der Waals surface area contributed by atoms with Crippen LogP contribution in [-0.4, -0.2) is 31.3 Å². The monoisotopic (exact) mass is 407 g/mol. The van der Waals surface area contributed by atoms with Crippen molar-refractivity contribution in [2.75, 3.05) is 19.3 Å².